The molecule has 4 aromatic heterocycles. The molecule has 0 spiro atoms. The number of anilines is 1. The fourth-order valence-electron chi connectivity index (χ4n) is 4.38. The van der Waals surface area contributed by atoms with Gasteiger partial charge in [-0.3, -0.25) is 14.8 Å². The van der Waals surface area contributed by atoms with Gasteiger partial charge in [0.2, 0.25) is 0 Å². The van der Waals surface area contributed by atoms with Crippen LogP contribution in [-0.4, -0.2) is 35.6 Å². The Hall–Kier alpha value is -3.40. The summed E-state index contributed by atoms with van der Waals surface area (Å²) in [5.41, 5.74) is 10.6. The molecule has 0 saturated heterocycles. The lowest BCUT2D eigenvalue weighted by molar-refractivity contribution is -0.142. The van der Waals surface area contributed by atoms with Crippen LogP contribution in [0.1, 0.15) is 37.3 Å². The first-order valence-corrected chi connectivity index (χ1v) is 11.3. The molecule has 8 nitrogen and oxygen atoms in total. The summed E-state index contributed by atoms with van der Waals surface area (Å²) < 4.78 is 15.8. The highest BCUT2D eigenvalue weighted by molar-refractivity contribution is 9.10. The number of nitrogens with zero attached hydrogens (tertiary/aromatic N) is 5. The van der Waals surface area contributed by atoms with Crippen LogP contribution in [0.2, 0.25) is 0 Å². The average Bonchev–Trinajstić information content (AvgIpc) is 3.26. The van der Waals surface area contributed by atoms with Crippen LogP contribution in [0.5, 0.6) is 0 Å². The number of rotatable bonds is 4. The smallest absolute Gasteiger partial charge is 0.306 e. The normalized spacial score (nSPS) is 18.5. The van der Waals surface area contributed by atoms with Crippen LogP contribution >= 0.6 is 15.9 Å². The highest BCUT2D eigenvalue weighted by atomic mass is 79.9. The highest BCUT2D eigenvalue weighted by Gasteiger charge is 2.30. The number of halogens is 2. The first-order valence-electron chi connectivity index (χ1n) is 10.5. The minimum atomic E-state index is -0.738. The van der Waals surface area contributed by atoms with Crippen molar-refractivity contribution >= 4 is 33.4 Å². The van der Waals surface area contributed by atoms with E-state index >= 15 is 0 Å². The Morgan fingerprint density at radius 3 is 2.58 bits per heavy atom. The molecule has 3 N–H and O–H groups in total. The van der Waals surface area contributed by atoms with Crippen molar-refractivity contribution in [3.8, 4) is 22.4 Å². The number of hydrogen-bond acceptors (Lipinski definition) is 6. The van der Waals surface area contributed by atoms with Gasteiger partial charge in [-0.1, -0.05) is 6.07 Å². The van der Waals surface area contributed by atoms with Crippen molar-refractivity contribution in [3.63, 3.8) is 0 Å². The second-order valence-electron chi connectivity index (χ2n) is 8.20. The van der Waals surface area contributed by atoms with Crippen molar-refractivity contribution in [1.82, 2.24) is 24.6 Å². The van der Waals surface area contributed by atoms with Crippen molar-refractivity contribution in [2.45, 2.75) is 31.6 Å². The number of nitrogens with two attached hydrogens (primary N) is 1. The predicted octanol–water partition coefficient (Wildman–Crippen LogP) is 4.70. The Kier molecular flexibility index (Phi) is 5.53. The molecule has 10 heteroatoms. The number of aliphatic carboxylic acids is 1. The van der Waals surface area contributed by atoms with Gasteiger partial charge in [-0.05, 0) is 53.7 Å². The van der Waals surface area contributed by atoms with Crippen LogP contribution in [0.25, 0.3) is 28.0 Å². The third-order valence-electron chi connectivity index (χ3n) is 6.19. The van der Waals surface area contributed by atoms with Gasteiger partial charge in [0.15, 0.2) is 5.65 Å². The summed E-state index contributed by atoms with van der Waals surface area (Å²) in [6.07, 6.45) is 8.80. The standard InChI is InChI=1S/C23H20BrFN6O2/c24-19-20(12-1-3-13(4-2-12)23(32)33)30-22-17(11-29-31(22)21(19)26)14-5-6-18(28-9-14)15-7-16(25)10-27-8-15/h5-13H,1-4,26H2,(H,32,33)/t12-,13-. The Morgan fingerprint density at radius 1 is 1.12 bits per heavy atom. The summed E-state index contributed by atoms with van der Waals surface area (Å²) >= 11 is 3.57. The molecular weight excluding hydrogens is 491 g/mol. The summed E-state index contributed by atoms with van der Waals surface area (Å²) in [5, 5.41) is 13.7. The summed E-state index contributed by atoms with van der Waals surface area (Å²) in [5.74, 6) is -0.901. The number of fused-ring (bicyclic) bond motifs is 1. The van der Waals surface area contributed by atoms with Crippen molar-refractivity contribution in [2.75, 3.05) is 5.73 Å². The molecule has 0 aromatic carbocycles. The fraction of sp³-hybridized carbons (Fsp3) is 0.261. The average molecular weight is 511 g/mol. The third-order valence-corrected chi connectivity index (χ3v) is 7.00. The zero-order valence-electron chi connectivity index (χ0n) is 17.4. The van der Waals surface area contributed by atoms with E-state index in [1.54, 1.807) is 29.2 Å². The minimum absolute atomic E-state index is 0.117. The number of pyridine rings is 2. The Balaban J connectivity index is 1.50. The highest BCUT2D eigenvalue weighted by Crippen LogP contribution is 2.40. The van der Waals surface area contributed by atoms with Crippen molar-refractivity contribution < 1.29 is 14.3 Å². The molecule has 0 unspecified atom stereocenters. The van der Waals surface area contributed by atoms with E-state index in [4.69, 9.17) is 10.7 Å². The van der Waals surface area contributed by atoms with E-state index in [9.17, 15) is 14.3 Å². The van der Waals surface area contributed by atoms with Gasteiger partial charge >= 0.3 is 5.97 Å². The molecule has 0 aliphatic heterocycles. The maximum Gasteiger partial charge on any atom is 0.306 e. The quantitative estimate of drug-likeness (QED) is 0.408. The molecule has 4 heterocycles. The van der Waals surface area contributed by atoms with E-state index < -0.39 is 11.8 Å². The fourth-order valence-corrected chi connectivity index (χ4v) is 4.96. The van der Waals surface area contributed by atoms with Gasteiger partial charge in [-0.15, -0.1) is 0 Å². The van der Waals surface area contributed by atoms with Gasteiger partial charge in [0.25, 0.3) is 0 Å². The van der Waals surface area contributed by atoms with Crippen molar-refractivity contribution in [1.29, 1.82) is 0 Å². The number of carbonyl (C=O) groups is 1. The molecule has 33 heavy (non-hydrogen) atoms. The molecular formula is C23H20BrFN6O2. The first-order chi connectivity index (χ1) is 15.9. The van der Waals surface area contributed by atoms with Gasteiger partial charge in [-0.2, -0.15) is 9.61 Å². The molecule has 0 amide bonds. The Bertz CT molecular complexity index is 1350. The first kappa shape index (κ1) is 21.4. The van der Waals surface area contributed by atoms with Crippen molar-refractivity contribution in [2.24, 2.45) is 5.92 Å². The number of nitrogen functional groups attached to an aromatic ring is 1. The minimum Gasteiger partial charge on any atom is -0.481 e. The number of carboxylic acids is 1. The zero-order valence-corrected chi connectivity index (χ0v) is 19.0. The summed E-state index contributed by atoms with van der Waals surface area (Å²) in [4.78, 5) is 24.5. The van der Waals surface area contributed by atoms with Gasteiger partial charge in [0, 0.05) is 35.0 Å². The van der Waals surface area contributed by atoms with E-state index in [-0.39, 0.29) is 11.8 Å². The summed E-state index contributed by atoms with van der Waals surface area (Å²) in [6, 6.07) is 5.06. The van der Waals surface area contributed by atoms with Crippen LogP contribution in [0, 0.1) is 11.7 Å². The Morgan fingerprint density at radius 2 is 1.91 bits per heavy atom. The van der Waals surface area contributed by atoms with Crippen LogP contribution in [0.3, 0.4) is 0 Å². The SMILES string of the molecule is Nc1c(Br)c([C@H]2CC[C@H](C(=O)O)CC2)nc2c(-c3ccc(-c4cncc(F)c4)nc3)cnn12. The summed E-state index contributed by atoms with van der Waals surface area (Å²) in [7, 11) is 0. The second-order valence-corrected chi connectivity index (χ2v) is 8.99. The molecule has 5 rings (SSSR count). The van der Waals surface area contributed by atoms with Gasteiger partial charge < -0.3 is 10.8 Å². The molecule has 0 bridgehead atoms. The largest absolute Gasteiger partial charge is 0.481 e. The Labute approximate surface area is 196 Å². The number of aromatic nitrogens is 5. The molecule has 4 aromatic rings. The van der Waals surface area contributed by atoms with E-state index in [1.165, 1.54) is 6.07 Å². The van der Waals surface area contributed by atoms with Gasteiger partial charge in [0.05, 0.1) is 34.2 Å². The molecule has 0 radical (unpaired) electrons. The van der Waals surface area contributed by atoms with Crippen LogP contribution in [0.15, 0.2) is 47.5 Å². The predicted molar refractivity (Wildman–Crippen MR) is 124 cm³/mol. The molecule has 1 fully saturated rings. The number of hydrogen-bond donors (Lipinski definition) is 2. The maximum atomic E-state index is 13.5. The lowest BCUT2D eigenvalue weighted by Crippen LogP contribution is -2.21. The molecule has 1 aliphatic carbocycles. The maximum absolute atomic E-state index is 13.5. The molecule has 1 aliphatic rings. The van der Waals surface area contributed by atoms with Crippen LogP contribution in [0.4, 0.5) is 10.2 Å². The molecule has 1 saturated carbocycles. The van der Waals surface area contributed by atoms with E-state index in [1.807, 2.05) is 6.07 Å². The summed E-state index contributed by atoms with van der Waals surface area (Å²) in [6.45, 7) is 0. The van der Waals surface area contributed by atoms with Crippen LogP contribution < -0.4 is 5.73 Å². The topological polar surface area (TPSA) is 119 Å². The van der Waals surface area contributed by atoms with E-state index in [0.717, 1.165) is 35.9 Å². The van der Waals surface area contributed by atoms with Crippen LogP contribution in [-0.2, 0) is 4.79 Å². The molecule has 168 valence electrons. The zero-order chi connectivity index (χ0) is 23.1. The van der Waals surface area contributed by atoms with Gasteiger partial charge in [-0.25, -0.2) is 9.37 Å². The second kappa shape index (κ2) is 8.51. The number of carboxylic acid groups (broad SMARTS) is 1. The third kappa shape index (κ3) is 3.95. The van der Waals surface area contributed by atoms with E-state index in [2.05, 4.69) is 31.0 Å². The van der Waals surface area contributed by atoms with E-state index in [0.29, 0.717) is 40.0 Å². The van der Waals surface area contributed by atoms with Crippen molar-refractivity contribution in [3.05, 3.63) is 59.0 Å². The van der Waals surface area contributed by atoms with Gasteiger partial charge in [0.1, 0.15) is 11.6 Å². The lowest BCUT2D eigenvalue weighted by atomic mass is 9.80. The monoisotopic (exact) mass is 510 g/mol. The molecule has 0 atom stereocenters. The lowest BCUT2D eigenvalue weighted by Gasteiger charge is -2.26.